The third-order valence-corrected chi connectivity index (χ3v) is 5.52. The van der Waals surface area contributed by atoms with Crippen LogP contribution in [-0.4, -0.2) is 37.7 Å². The quantitative estimate of drug-likeness (QED) is 0.697. The molecule has 3 aromatic heterocycles. The molecule has 2 aliphatic rings. The molecule has 0 radical (unpaired) electrons. The largest absolute Gasteiger partial charge is 0.382 e. The second kappa shape index (κ2) is 7.17. The Labute approximate surface area is 168 Å². The first-order chi connectivity index (χ1) is 14.2. The first-order valence-electron chi connectivity index (χ1n) is 10.0. The van der Waals surface area contributed by atoms with E-state index < -0.39 is 0 Å². The fourth-order valence-electron chi connectivity index (χ4n) is 3.79. The van der Waals surface area contributed by atoms with E-state index >= 15 is 0 Å². The molecule has 2 fully saturated rings. The minimum Gasteiger partial charge on any atom is -0.382 e. The van der Waals surface area contributed by atoms with E-state index in [2.05, 4.69) is 31.8 Å². The average molecular weight is 387 g/mol. The van der Waals surface area contributed by atoms with Crippen LogP contribution in [0.1, 0.15) is 54.4 Å². The van der Waals surface area contributed by atoms with Gasteiger partial charge in [-0.3, -0.25) is 4.79 Å². The lowest BCUT2D eigenvalue weighted by Gasteiger charge is -2.16. The summed E-state index contributed by atoms with van der Waals surface area (Å²) in [5, 5.41) is 20.8. The van der Waals surface area contributed by atoms with E-state index in [-0.39, 0.29) is 11.9 Å². The highest BCUT2D eigenvalue weighted by Gasteiger charge is 2.26. The maximum atomic E-state index is 12.8. The van der Waals surface area contributed by atoms with Crippen LogP contribution in [0, 0.1) is 11.3 Å². The lowest BCUT2D eigenvalue weighted by Crippen LogP contribution is -2.33. The summed E-state index contributed by atoms with van der Waals surface area (Å²) >= 11 is 0. The Morgan fingerprint density at radius 3 is 2.66 bits per heavy atom. The maximum absolute atomic E-state index is 12.8. The molecule has 0 saturated heterocycles. The van der Waals surface area contributed by atoms with E-state index in [4.69, 9.17) is 5.26 Å². The number of carbonyl (C=O) groups excluding carboxylic acids is 1. The summed E-state index contributed by atoms with van der Waals surface area (Å²) in [6.07, 6.45) is 11.4. The zero-order chi connectivity index (χ0) is 19.8. The number of nitrogens with zero attached hydrogens (tertiary/aromatic N) is 5. The molecule has 8 heteroatoms. The number of rotatable bonds is 5. The third kappa shape index (κ3) is 3.51. The number of anilines is 1. The summed E-state index contributed by atoms with van der Waals surface area (Å²) in [6, 6.07) is 6.34. The Balaban J connectivity index is 1.49. The third-order valence-electron chi connectivity index (χ3n) is 5.52. The zero-order valence-electron chi connectivity index (χ0n) is 15.9. The highest BCUT2D eigenvalue weighted by atomic mass is 16.1. The average Bonchev–Trinajstić information content (AvgIpc) is 3.23. The van der Waals surface area contributed by atoms with Gasteiger partial charge in [-0.1, -0.05) is 12.8 Å². The van der Waals surface area contributed by atoms with Gasteiger partial charge in [-0.25, -0.2) is 9.97 Å². The molecular formula is C21H21N7O. The van der Waals surface area contributed by atoms with Crippen molar-refractivity contribution in [2.45, 2.75) is 50.6 Å². The van der Waals surface area contributed by atoms with Crippen molar-refractivity contribution in [2.24, 2.45) is 0 Å². The summed E-state index contributed by atoms with van der Waals surface area (Å²) < 4.78 is 1.63. The Morgan fingerprint density at radius 1 is 1.07 bits per heavy atom. The van der Waals surface area contributed by atoms with E-state index in [9.17, 15) is 4.79 Å². The van der Waals surface area contributed by atoms with Gasteiger partial charge in [0, 0.05) is 35.9 Å². The molecule has 3 heterocycles. The van der Waals surface area contributed by atoms with Crippen LogP contribution in [0.25, 0.3) is 16.9 Å². The molecular weight excluding hydrogens is 366 g/mol. The fourth-order valence-corrected chi connectivity index (χ4v) is 3.79. The summed E-state index contributed by atoms with van der Waals surface area (Å²) in [5.41, 5.74) is 2.44. The molecule has 0 aliphatic heterocycles. The van der Waals surface area contributed by atoms with Gasteiger partial charge in [0.2, 0.25) is 0 Å². The fraction of sp³-hybridized carbons (Fsp3) is 0.381. The predicted octanol–water partition coefficient (Wildman–Crippen LogP) is 2.93. The van der Waals surface area contributed by atoms with E-state index in [0.29, 0.717) is 28.6 Å². The van der Waals surface area contributed by atoms with Crippen LogP contribution in [0.3, 0.4) is 0 Å². The Morgan fingerprint density at radius 2 is 1.90 bits per heavy atom. The minimum absolute atomic E-state index is 0.0822. The van der Waals surface area contributed by atoms with Gasteiger partial charge in [0.05, 0.1) is 23.0 Å². The van der Waals surface area contributed by atoms with Crippen molar-refractivity contribution < 1.29 is 4.79 Å². The van der Waals surface area contributed by atoms with Gasteiger partial charge in [0.1, 0.15) is 6.07 Å². The SMILES string of the molecule is N#Cc1cnc2c(cnn2-c2cc(NC3CC3)c(C(=O)NC3CCCC3)cn2)c1. The van der Waals surface area contributed by atoms with Crippen molar-refractivity contribution >= 4 is 22.6 Å². The normalized spacial score (nSPS) is 16.7. The van der Waals surface area contributed by atoms with Gasteiger partial charge in [-0.2, -0.15) is 15.0 Å². The number of amides is 1. The summed E-state index contributed by atoms with van der Waals surface area (Å²) in [7, 11) is 0. The van der Waals surface area contributed by atoms with Gasteiger partial charge in [0.25, 0.3) is 5.91 Å². The lowest BCUT2D eigenvalue weighted by molar-refractivity contribution is 0.0938. The Kier molecular flexibility index (Phi) is 4.35. The summed E-state index contributed by atoms with van der Waals surface area (Å²) in [4.78, 5) is 21.7. The first-order valence-corrected chi connectivity index (χ1v) is 10.0. The number of carbonyl (C=O) groups is 1. The summed E-state index contributed by atoms with van der Waals surface area (Å²) in [5.74, 6) is 0.499. The van der Waals surface area contributed by atoms with Gasteiger partial charge in [-0.15, -0.1) is 0 Å². The van der Waals surface area contributed by atoms with Crippen molar-refractivity contribution in [1.82, 2.24) is 25.1 Å². The number of fused-ring (bicyclic) bond motifs is 1. The number of nitriles is 1. The highest BCUT2D eigenvalue weighted by molar-refractivity contribution is 6.00. The molecule has 2 saturated carbocycles. The topological polar surface area (TPSA) is 109 Å². The maximum Gasteiger partial charge on any atom is 0.255 e. The molecule has 146 valence electrons. The molecule has 0 spiro atoms. The van der Waals surface area contributed by atoms with Gasteiger partial charge in [-0.05, 0) is 31.7 Å². The summed E-state index contributed by atoms with van der Waals surface area (Å²) in [6.45, 7) is 0. The van der Waals surface area contributed by atoms with Crippen molar-refractivity contribution in [3.05, 3.63) is 41.9 Å². The minimum atomic E-state index is -0.0822. The van der Waals surface area contributed by atoms with E-state index in [1.54, 1.807) is 23.1 Å². The van der Waals surface area contributed by atoms with Crippen LogP contribution in [0.2, 0.25) is 0 Å². The molecule has 29 heavy (non-hydrogen) atoms. The highest BCUT2D eigenvalue weighted by Crippen LogP contribution is 2.29. The van der Waals surface area contributed by atoms with Crippen molar-refractivity contribution in [1.29, 1.82) is 5.26 Å². The molecule has 2 N–H and O–H groups in total. The van der Waals surface area contributed by atoms with Crippen molar-refractivity contribution in [3.8, 4) is 11.9 Å². The van der Waals surface area contributed by atoms with E-state index in [0.717, 1.165) is 36.8 Å². The van der Waals surface area contributed by atoms with Gasteiger partial charge in [0.15, 0.2) is 11.5 Å². The molecule has 1 amide bonds. The van der Waals surface area contributed by atoms with Crippen LogP contribution in [0.4, 0.5) is 5.69 Å². The zero-order valence-corrected chi connectivity index (χ0v) is 15.9. The van der Waals surface area contributed by atoms with Gasteiger partial charge >= 0.3 is 0 Å². The monoisotopic (exact) mass is 387 g/mol. The molecule has 0 bridgehead atoms. The van der Waals surface area contributed by atoms with Crippen molar-refractivity contribution in [3.63, 3.8) is 0 Å². The van der Waals surface area contributed by atoms with Crippen LogP contribution in [0.15, 0.2) is 30.7 Å². The van der Waals surface area contributed by atoms with Crippen LogP contribution < -0.4 is 10.6 Å². The second-order valence-corrected chi connectivity index (χ2v) is 7.77. The second-order valence-electron chi connectivity index (χ2n) is 7.77. The Hall–Kier alpha value is -3.47. The Bertz CT molecular complexity index is 1120. The molecule has 5 rings (SSSR count). The first kappa shape index (κ1) is 17.6. The van der Waals surface area contributed by atoms with Crippen LogP contribution in [0.5, 0.6) is 0 Å². The predicted molar refractivity (Wildman–Crippen MR) is 108 cm³/mol. The smallest absolute Gasteiger partial charge is 0.255 e. The molecule has 3 aromatic rings. The number of nitrogens with one attached hydrogen (secondary N) is 2. The molecule has 0 unspecified atom stereocenters. The lowest BCUT2D eigenvalue weighted by atomic mass is 10.1. The van der Waals surface area contributed by atoms with E-state index in [1.165, 1.54) is 19.0 Å². The number of pyridine rings is 2. The number of aromatic nitrogens is 4. The van der Waals surface area contributed by atoms with E-state index in [1.807, 2.05) is 6.07 Å². The molecule has 0 aromatic carbocycles. The van der Waals surface area contributed by atoms with Crippen molar-refractivity contribution in [2.75, 3.05) is 5.32 Å². The van der Waals surface area contributed by atoms with Crippen LogP contribution in [-0.2, 0) is 0 Å². The number of hydrogen-bond acceptors (Lipinski definition) is 6. The van der Waals surface area contributed by atoms with Gasteiger partial charge < -0.3 is 10.6 Å². The number of hydrogen-bond donors (Lipinski definition) is 2. The standard InChI is InChI=1S/C21H21N7O/c22-9-13-7-14-11-25-28(20(14)24-10-13)19-8-18(26-16-5-6-16)17(12-23-19)21(29)27-15-3-1-2-4-15/h7-8,10-12,15-16H,1-6H2,(H,23,26)(H,27,29). The molecule has 0 atom stereocenters. The van der Waals surface area contributed by atoms with Crippen LogP contribution >= 0.6 is 0 Å². The molecule has 2 aliphatic carbocycles. The molecule has 8 nitrogen and oxygen atoms in total.